The molecule has 86 valence electrons. The van der Waals surface area contributed by atoms with E-state index in [1.807, 2.05) is 39.8 Å². The third kappa shape index (κ3) is 7.30. The van der Waals surface area contributed by atoms with Gasteiger partial charge in [-0.05, 0) is 41.3 Å². The van der Waals surface area contributed by atoms with Crippen LogP contribution in [-0.2, 0) is 9.47 Å². The standard InChI is InChI=1S/C11H25NO2/c1-7-8-9-13-10(12(5)6)14-11(2,3)4/h10H,7-9H2,1-6H3. The van der Waals surface area contributed by atoms with Crippen LogP contribution in [0.3, 0.4) is 0 Å². The fraction of sp³-hybridized carbons (Fsp3) is 1.00. The molecule has 0 aliphatic carbocycles. The summed E-state index contributed by atoms with van der Waals surface area (Å²) >= 11 is 0. The van der Waals surface area contributed by atoms with Crippen LogP contribution in [0, 0.1) is 0 Å². The highest BCUT2D eigenvalue weighted by atomic mass is 16.7. The van der Waals surface area contributed by atoms with Gasteiger partial charge >= 0.3 is 0 Å². The molecular formula is C11H25NO2. The Morgan fingerprint density at radius 1 is 1.21 bits per heavy atom. The van der Waals surface area contributed by atoms with Crippen molar-refractivity contribution < 1.29 is 9.47 Å². The van der Waals surface area contributed by atoms with Crippen LogP contribution in [0.2, 0.25) is 0 Å². The molecule has 1 atom stereocenters. The molecule has 0 aliphatic rings. The predicted molar refractivity (Wildman–Crippen MR) is 59.2 cm³/mol. The maximum Gasteiger partial charge on any atom is 0.218 e. The van der Waals surface area contributed by atoms with E-state index in [1.54, 1.807) is 0 Å². The molecule has 0 fully saturated rings. The lowest BCUT2D eigenvalue weighted by Crippen LogP contribution is -2.39. The zero-order valence-corrected chi connectivity index (χ0v) is 10.5. The maximum absolute atomic E-state index is 5.75. The highest BCUT2D eigenvalue weighted by molar-refractivity contribution is 4.60. The van der Waals surface area contributed by atoms with Crippen LogP contribution >= 0.6 is 0 Å². The Balaban J connectivity index is 3.91. The Hall–Kier alpha value is -0.120. The lowest BCUT2D eigenvalue weighted by atomic mass is 10.2. The van der Waals surface area contributed by atoms with Gasteiger partial charge in [0, 0.05) is 0 Å². The van der Waals surface area contributed by atoms with E-state index in [9.17, 15) is 0 Å². The van der Waals surface area contributed by atoms with E-state index >= 15 is 0 Å². The van der Waals surface area contributed by atoms with Crippen LogP contribution in [-0.4, -0.2) is 37.6 Å². The maximum atomic E-state index is 5.75. The van der Waals surface area contributed by atoms with Gasteiger partial charge in [0.1, 0.15) is 0 Å². The number of rotatable bonds is 6. The van der Waals surface area contributed by atoms with Gasteiger partial charge in [-0.25, -0.2) is 0 Å². The second-order valence-corrected chi connectivity index (χ2v) is 4.73. The third-order valence-corrected chi connectivity index (χ3v) is 1.63. The van der Waals surface area contributed by atoms with Crippen LogP contribution in [0.5, 0.6) is 0 Å². The summed E-state index contributed by atoms with van der Waals surface area (Å²) in [6.07, 6.45) is 1.99. The van der Waals surface area contributed by atoms with Gasteiger partial charge in [-0.1, -0.05) is 13.3 Å². The van der Waals surface area contributed by atoms with E-state index in [0.717, 1.165) is 19.4 Å². The van der Waals surface area contributed by atoms with E-state index in [-0.39, 0.29) is 12.0 Å². The summed E-state index contributed by atoms with van der Waals surface area (Å²) in [5.74, 6) is 0. The molecule has 0 radical (unpaired) electrons. The molecule has 0 amide bonds. The van der Waals surface area contributed by atoms with Gasteiger partial charge in [-0.3, -0.25) is 4.90 Å². The minimum Gasteiger partial charge on any atom is -0.340 e. The van der Waals surface area contributed by atoms with E-state index in [2.05, 4.69) is 6.92 Å². The van der Waals surface area contributed by atoms with Crippen LogP contribution in [0.4, 0.5) is 0 Å². The van der Waals surface area contributed by atoms with Crippen LogP contribution < -0.4 is 0 Å². The van der Waals surface area contributed by atoms with E-state index < -0.39 is 0 Å². The molecule has 0 aromatic rings. The summed E-state index contributed by atoms with van der Waals surface area (Å²) in [5, 5.41) is 0. The average Bonchev–Trinajstić information content (AvgIpc) is 2.00. The molecule has 0 aromatic heterocycles. The summed E-state index contributed by atoms with van der Waals surface area (Å²) in [4.78, 5) is 1.95. The zero-order valence-electron chi connectivity index (χ0n) is 10.5. The fourth-order valence-corrected chi connectivity index (χ4v) is 0.919. The summed E-state index contributed by atoms with van der Waals surface area (Å²) in [5.41, 5.74) is -0.166. The zero-order chi connectivity index (χ0) is 11.2. The molecule has 0 bridgehead atoms. The van der Waals surface area contributed by atoms with Crippen LogP contribution in [0.1, 0.15) is 40.5 Å². The lowest BCUT2D eigenvalue weighted by Gasteiger charge is -2.31. The first-order valence-electron chi connectivity index (χ1n) is 5.32. The Morgan fingerprint density at radius 2 is 1.79 bits per heavy atom. The van der Waals surface area contributed by atoms with Crippen molar-refractivity contribution in [1.29, 1.82) is 0 Å². The topological polar surface area (TPSA) is 21.7 Å². The SMILES string of the molecule is CCCCOC(OC(C)(C)C)N(C)C. The molecule has 1 unspecified atom stereocenters. The molecule has 0 saturated carbocycles. The smallest absolute Gasteiger partial charge is 0.218 e. The van der Waals surface area contributed by atoms with Crippen molar-refractivity contribution in [2.24, 2.45) is 0 Å². The van der Waals surface area contributed by atoms with Gasteiger partial charge in [-0.2, -0.15) is 0 Å². The first-order valence-corrected chi connectivity index (χ1v) is 5.32. The Labute approximate surface area is 88.4 Å². The Bertz CT molecular complexity index is 141. The van der Waals surface area contributed by atoms with E-state index in [0.29, 0.717) is 0 Å². The highest BCUT2D eigenvalue weighted by Crippen LogP contribution is 2.13. The largest absolute Gasteiger partial charge is 0.340 e. The van der Waals surface area contributed by atoms with Crippen LogP contribution in [0.25, 0.3) is 0 Å². The summed E-state index contributed by atoms with van der Waals surface area (Å²) < 4.78 is 11.4. The lowest BCUT2D eigenvalue weighted by molar-refractivity contribution is -0.252. The van der Waals surface area contributed by atoms with Crippen molar-refractivity contribution >= 4 is 0 Å². The molecule has 3 heteroatoms. The van der Waals surface area contributed by atoms with Gasteiger partial charge in [0.15, 0.2) is 0 Å². The Kier molecular flexibility index (Phi) is 6.33. The van der Waals surface area contributed by atoms with Gasteiger partial charge < -0.3 is 9.47 Å². The molecule has 0 heterocycles. The average molecular weight is 203 g/mol. The van der Waals surface area contributed by atoms with Gasteiger partial charge in [0.2, 0.25) is 6.41 Å². The summed E-state index contributed by atoms with van der Waals surface area (Å²) in [7, 11) is 3.92. The number of hydrogen-bond acceptors (Lipinski definition) is 3. The summed E-state index contributed by atoms with van der Waals surface area (Å²) in [6, 6.07) is 0. The minimum atomic E-state index is -0.235. The predicted octanol–water partition coefficient (Wildman–Crippen LogP) is 2.46. The monoisotopic (exact) mass is 203 g/mol. The molecule has 0 aliphatic heterocycles. The van der Waals surface area contributed by atoms with Crippen molar-refractivity contribution in [1.82, 2.24) is 4.90 Å². The number of nitrogens with zero attached hydrogens (tertiary/aromatic N) is 1. The van der Waals surface area contributed by atoms with Gasteiger partial charge in [-0.15, -0.1) is 0 Å². The van der Waals surface area contributed by atoms with Gasteiger partial charge in [0.05, 0.1) is 12.2 Å². The third-order valence-electron chi connectivity index (χ3n) is 1.63. The van der Waals surface area contributed by atoms with E-state index in [1.165, 1.54) is 0 Å². The highest BCUT2D eigenvalue weighted by Gasteiger charge is 2.20. The summed E-state index contributed by atoms with van der Waals surface area (Å²) in [6.45, 7) is 9.01. The van der Waals surface area contributed by atoms with Crippen LogP contribution in [0.15, 0.2) is 0 Å². The van der Waals surface area contributed by atoms with Crippen molar-refractivity contribution in [3.8, 4) is 0 Å². The molecule has 0 spiro atoms. The second kappa shape index (κ2) is 6.38. The van der Waals surface area contributed by atoms with Crippen molar-refractivity contribution in [3.63, 3.8) is 0 Å². The molecule has 0 rings (SSSR count). The molecule has 14 heavy (non-hydrogen) atoms. The molecule has 0 N–H and O–H groups in total. The molecule has 0 aromatic carbocycles. The van der Waals surface area contributed by atoms with Crippen molar-refractivity contribution in [2.45, 2.75) is 52.6 Å². The number of ether oxygens (including phenoxy) is 2. The second-order valence-electron chi connectivity index (χ2n) is 4.73. The number of hydrogen-bond donors (Lipinski definition) is 0. The molecule has 0 saturated heterocycles. The number of unbranched alkanes of at least 4 members (excludes halogenated alkanes) is 1. The van der Waals surface area contributed by atoms with Crippen molar-refractivity contribution in [2.75, 3.05) is 20.7 Å². The van der Waals surface area contributed by atoms with E-state index in [4.69, 9.17) is 9.47 Å². The fourth-order valence-electron chi connectivity index (χ4n) is 0.919. The molecule has 3 nitrogen and oxygen atoms in total. The first-order chi connectivity index (χ1) is 6.37. The Morgan fingerprint density at radius 3 is 2.14 bits per heavy atom. The first kappa shape index (κ1) is 13.9. The quantitative estimate of drug-likeness (QED) is 0.489. The normalized spacial score (nSPS) is 14.8. The van der Waals surface area contributed by atoms with Crippen molar-refractivity contribution in [3.05, 3.63) is 0 Å². The van der Waals surface area contributed by atoms with Gasteiger partial charge in [0.25, 0.3) is 0 Å². The molecular weight excluding hydrogens is 178 g/mol. The minimum absolute atomic E-state index is 0.166.